The van der Waals surface area contributed by atoms with Gasteiger partial charge in [-0.05, 0) is 40.8 Å². The predicted molar refractivity (Wildman–Crippen MR) is 98.4 cm³/mol. The molecule has 0 aliphatic heterocycles. The molecule has 0 fully saturated rings. The number of halogens is 2. The third-order valence-corrected chi connectivity index (χ3v) is 4.63. The van der Waals surface area contributed by atoms with E-state index in [1.807, 2.05) is 24.3 Å². The highest BCUT2D eigenvalue weighted by atomic mass is 35.5. The Balaban J connectivity index is 1.62. The highest BCUT2D eigenvalue weighted by Crippen LogP contribution is 2.28. The Bertz CT molecular complexity index is 860. The van der Waals surface area contributed by atoms with Crippen molar-refractivity contribution < 1.29 is 9.47 Å². The van der Waals surface area contributed by atoms with Gasteiger partial charge in [-0.1, -0.05) is 47.1 Å². The zero-order chi connectivity index (χ0) is 17.6. The van der Waals surface area contributed by atoms with Crippen LogP contribution in [-0.4, -0.2) is 39.7 Å². The maximum absolute atomic E-state index is 6.08. The molecule has 1 aromatic heterocycles. The van der Waals surface area contributed by atoms with Gasteiger partial charge in [0, 0.05) is 10.8 Å². The summed E-state index contributed by atoms with van der Waals surface area (Å²) in [5, 5.41) is 13.5. The summed E-state index contributed by atoms with van der Waals surface area (Å²) < 4.78 is 12.7. The number of hydrogen-bond donors (Lipinski definition) is 0. The molecule has 3 aromatic rings. The number of benzene rings is 2. The van der Waals surface area contributed by atoms with Gasteiger partial charge in [0.15, 0.2) is 0 Å². The summed E-state index contributed by atoms with van der Waals surface area (Å²) in [6.45, 7) is 0.449. The van der Waals surface area contributed by atoms with Crippen LogP contribution >= 0.6 is 35.0 Å². The lowest BCUT2D eigenvalue weighted by molar-refractivity contribution is 0.344. The molecule has 0 atom stereocenters. The third kappa shape index (κ3) is 4.36. The number of aromatic nitrogens is 4. The first-order valence-corrected chi connectivity index (χ1v) is 9.05. The number of methoxy groups -OCH3 is 1. The van der Waals surface area contributed by atoms with Crippen LogP contribution in [0.5, 0.6) is 11.5 Å². The van der Waals surface area contributed by atoms with Gasteiger partial charge < -0.3 is 9.47 Å². The average Bonchev–Trinajstić information content (AvgIpc) is 3.08. The van der Waals surface area contributed by atoms with Crippen molar-refractivity contribution in [2.75, 3.05) is 19.5 Å². The molecule has 0 amide bonds. The number of tetrazole rings is 1. The zero-order valence-corrected chi connectivity index (χ0v) is 15.6. The summed E-state index contributed by atoms with van der Waals surface area (Å²) in [5.74, 6) is 1.94. The Labute approximate surface area is 159 Å². The van der Waals surface area contributed by atoms with E-state index in [0.717, 1.165) is 5.69 Å². The van der Waals surface area contributed by atoms with E-state index in [-0.39, 0.29) is 0 Å². The largest absolute Gasteiger partial charge is 0.494 e. The minimum atomic E-state index is 0.449. The molecule has 0 saturated heterocycles. The molecule has 0 saturated carbocycles. The van der Waals surface area contributed by atoms with Gasteiger partial charge in [0.25, 0.3) is 0 Å². The van der Waals surface area contributed by atoms with Gasteiger partial charge in [-0.3, -0.25) is 0 Å². The Morgan fingerprint density at radius 3 is 2.76 bits per heavy atom. The second-order valence-electron chi connectivity index (χ2n) is 4.82. The number of rotatable bonds is 7. The summed E-state index contributed by atoms with van der Waals surface area (Å²) in [6, 6.07) is 12.7. The van der Waals surface area contributed by atoms with E-state index in [2.05, 4.69) is 15.5 Å². The lowest BCUT2D eigenvalue weighted by Crippen LogP contribution is -2.04. The smallest absolute Gasteiger partial charge is 0.214 e. The topological polar surface area (TPSA) is 62.1 Å². The van der Waals surface area contributed by atoms with Gasteiger partial charge in [-0.2, -0.15) is 4.68 Å². The first kappa shape index (κ1) is 17.8. The van der Waals surface area contributed by atoms with Crippen molar-refractivity contribution >= 4 is 35.0 Å². The van der Waals surface area contributed by atoms with Crippen LogP contribution in [0.3, 0.4) is 0 Å². The minimum Gasteiger partial charge on any atom is -0.494 e. The van der Waals surface area contributed by atoms with Gasteiger partial charge in [-0.25, -0.2) is 0 Å². The Kier molecular flexibility index (Phi) is 6.01. The molecule has 0 aliphatic rings. The van der Waals surface area contributed by atoms with Gasteiger partial charge >= 0.3 is 0 Å². The molecule has 0 spiro atoms. The van der Waals surface area contributed by atoms with Crippen LogP contribution < -0.4 is 9.47 Å². The van der Waals surface area contributed by atoms with Crippen molar-refractivity contribution in [1.82, 2.24) is 20.2 Å². The fourth-order valence-electron chi connectivity index (χ4n) is 2.10. The fraction of sp³-hybridized carbons (Fsp3) is 0.188. The van der Waals surface area contributed by atoms with Crippen molar-refractivity contribution in [3.05, 3.63) is 52.5 Å². The second-order valence-corrected chi connectivity index (χ2v) is 6.72. The lowest BCUT2D eigenvalue weighted by Gasteiger charge is -2.10. The molecule has 25 heavy (non-hydrogen) atoms. The Morgan fingerprint density at radius 2 is 1.96 bits per heavy atom. The molecule has 9 heteroatoms. The van der Waals surface area contributed by atoms with Crippen LogP contribution in [0.1, 0.15) is 0 Å². The van der Waals surface area contributed by atoms with Crippen LogP contribution in [0.4, 0.5) is 0 Å². The summed E-state index contributed by atoms with van der Waals surface area (Å²) in [4.78, 5) is 0. The van der Waals surface area contributed by atoms with Crippen LogP contribution in [0.25, 0.3) is 5.69 Å². The molecule has 2 aromatic carbocycles. The van der Waals surface area contributed by atoms with E-state index in [0.29, 0.717) is 39.1 Å². The summed E-state index contributed by atoms with van der Waals surface area (Å²) in [7, 11) is 1.61. The van der Waals surface area contributed by atoms with Crippen LogP contribution in [0.2, 0.25) is 10.0 Å². The first-order chi connectivity index (χ1) is 12.2. The number of thioether (sulfide) groups is 1. The standard InChI is InChI=1S/C16H14Cl2N4O2S/c1-23-15-5-3-2-4-13(15)22-16(19-20-21-22)25-9-8-24-14-7-6-11(17)10-12(14)18/h2-7,10H,8-9H2,1H3. The quantitative estimate of drug-likeness (QED) is 0.441. The molecule has 130 valence electrons. The number of ether oxygens (including phenoxy) is 2. The lowest BCUT2D eigenvalue weighted by atomic mass is 10.3. The van der Waals surface area contributed by atoms with Gasteiger partial charge in [0.05, 0.1) is 18.7 Å². The SMILES string of the molecule is COc1ccccc1-n1nnnc1SCCOc1ccc(Cl)cc1Cl. The van der Waals surface area contributed by atoms with E-state index in [1.165, 1.54) is 11.8 Å². The van der Waals surface area contributed by atoms with Crippen LogP contribution in [0.15, 0.2) is 47.6 Å². The average molecular weight is 397 g/mol. The molecule has 0 aliphatic carbocycles. The zero-order valence-electron chi connectivity index (χ0n) is 13.2. The first-order valence-electron chi connectivity index (χ1n) is 7.31. The van der Waals surface area contributed by atoms with Crippen molar-refractivity contribution in [3.8, 4) is 17.2 Å². The van der Waals surface area contributed by atoms with Crippen LogP contribution in [0, 0.1) is 0 Å². The van der Waals surface area contributed by atoms with Crippen LogP contribution in [-0.2, 0) is 0 Å². The fourth-order valence-corrected chi connectivity index (χ4v) is 3.27. The maximum atomic E-state index is 6.08. The monoisotopic (exact) mass is 396 g/mol. The number of nitrogens with zero attached hydrogens (tertiary/aromatic N) is 4. The maximum Gasteiger partial charge on any atom is 0.214 e. The van der Waals surface area contributed by atoms with E-state index < -0.39 is 0 Å². The van der Waals surface area contributed by atoms with E-state index in [1.54, 1.807) is 30.0 Å². The molecule has 0 radical (unpaired) electrons. The van der Waals surface area contributed by atoms with Gasteiger partial charge in [0.1, 0.15) is 17.2 Å². The summed E-state index contributed by atoms with van der Waals surface area (Å²) in [6.07, 6.45) is 0. The summed E-state index contributed by atoms with van der Waals surface area (Å²) >= 11 is 13.4. The predicted octanol–water partition coefficient (Wildman–Crippen LogP) is 4.15. The second kappa shape index (κ2) is 8.42. The highest BCUT2D eigenvalue weighted by molar-refractivity contribution is 7.99. The normalized spacial score (nSPS) is 10.7. The minimum absolute atomic E-state index is 0.449. The number of para-hydroxylation sites is 2. The molecule has 0 bridgehead atoms. The van der Waals surface area contributed by atoms with E-state index in [4.69, 9.17) is 32.7 Å². The molecule has 6 nitrogen and oxygen atoms in total. The van der Waals surface area contributed by atoms with Crippen molar-refractivity contribution in [2.45, 2.75) is 5.16 Å². The molecule has 0 unspecified atom stereocenters. The van der Waals surface area contributed by atoms with Crippen molar-refractivity contribution in [3.63, 3.8) is 0 Å². The van der Waals surface area contributed by atoms with E-state index in [9.17, 15) is 0 Å². The molecule has 3 rings (SSSR count). The molecular weight excluding hydrogens is 383 g/mol. The third-order valence-electron chi connectivity index (χ3n) is 3.22. The highest BCUT2D eigenvalue weighted by Gasteiger charge is 2.13. The van der Waals surface area contributed by atoms with Crippen molar-refractivity contribution in [1.29, 1.82) is 0 Å². The Hall–Kier alpha value is -1.96. The van der Waals surface area contributed by atoms with Gasteiger partial charge in [-0.15, -0.1) is 5.10 Å². The molecular formula is C16H14Cl2N4O2S. The van der Waals surface area contributed by atoms with Crippen molar-refractivity contribution in [2.24, 2.45) is 0 Å². The van der Waals surface area contributed by atoms with E-state index >= 15 is 0 Å². The van der Waals surface area contributed by atoms with Gasteiger partial charge in [0.2, 0.25) is 5.16 Å². The molecule has 0 N–H and O–H groups in total. The molecule has 1 heterocycles. The summed E-state index contributed by atoms with van der Waals surface area (Å²) in [5.41, 5.74) is 0.777. The Morgan fingerprint density at radius 1 is 1.12 bits per heavy atom. The number of hydrogen-bond acceptors (Lipinski definition) is 6.